The predicted octanol–water partition coefficient (Wildman–Crippen LogP) is 3.95. The van der Waals surface area contributed by atoms with E-state index in [-0.39, 0.29) is 44.3 Å². The van der Waals surface area contributed by atoms with E-state index in [9.17, 15) is 26.4 Å². The fourth-order valence-corrected chi connectivity index (χ4v) is 5.70. The summed E-state index contributed by atoms with van der Waals surface area (Å²) in [5.41, 5.74) is 1.86. The quantitative estimate of drug-likeness (QED) is 0.469. The summed E-state index contributed by atoms with van der Waals surface area (Å²) in [6, 6.07) is 7.81. The Balaban J connectivity index is 1.66. The lowest BCUT2D eigenvalue weighted by Crippen LogP contribution is -2.49. The first-order valence-electron chi connectivity index (χ1n) is 11.3. The Hall–Kier alpha value is -3.25. The summed E-state index contributed by atoms with van der Waals surface area (Å²) in [6.45, 7) is 5.67. The summed E-state index contributed by atoms with van der Waals surface area (Å²) in [7, 11) is -4.40. The minimum Gasteiger partial charge on any atom is -0.461 e. The number of alkyl halides is 3. The van der Waals surface area contributed by atoms with Crippen molar-refractivity contribution in [3.05, 3.63) is 58.8 Å². The van der Waals surface area contributed by atoms with E-state index in [4.69, 9.17) is 4.74 Å². The van der Waals surface area contributed by atoms with E-state index in [0.717, 1.165) is 33.6 Å². The van der Waals surface area contributed by atoms with Crippen LogP contribution in [0.15, 0.2) is 41.3 Å². The maximum absolute atomic E-state index is 13.4. The Bertz CT molecular complexity index is 1420. The normalized spacial score (nSPS) is 15.3. The number of nitrogens with zero attached hydrogens (tertiary/aromatic N) is 4. The zero-order chi connectivity index (χ0) is 26.3. The number of anilines is 1. The van der Waals surface area contributed by atoms with Gasteiger partial charge in [-0.3, -0.25) is 0 Å². The first-order valence-corrected chi connectivity index (χ1v) is 12.7. The number of carbonyl (C=O) groups is 1. The minimum atomic E-state index is -4.81. The van der Waals surface area contributed by atoms with Gasteiger partial charge in [0, 0.05) is 26.2 Å². The van der Waals surface area contributed by atoms with Gasteiger partial charge in [0.2, 0.25) is 10.0 Å². The lowest BCUT2D eigenvalue weighted by molar-refractivity contribution is -0.139. The van der Waals surface area contributed by atoms with Crippen LogP contribution in [0.2, 0.25) is 0 Å². The number of hydrogen-bond donors (Lipinski definition) is 0. The standard InChI is InChI=1S/C24H25F3N4O4S/c1-4-35-23(32)21-22(29-19-14-16(3)15(2)13-18(19)28-21)30-9-11-31(12-10-30)36(33,34)20-8-6-5-7-17(20)24(25,26)27/h5-8,13-14H,4,9-12H2,1-3H3. The Morgan fingerprint density at radius 2 is 1.58 bits per heavy atom. The number of benzene rings is 2. The van der Waals surface area contributed by atoms with Crippen LogP contribution in [0.25, 0.3) is 11.0 Å². The third-order valence-electron chi connectivity index (χ3n) is 6.08. The van der Waals surface area contributed by atoms with Gasteiger partial charge in [0.1, 0.15) is 0 Å². The number of sulfonamides is 1. The van der Waals surface area contributed by atoms with Gasteiger partial charge in [0.15, 0.2) is 11.5 Å². The van der Waals surface area contributed by atoms with Gasteiger partial charge in [-0.2, -0.15) is 17.5 Å². The van der Waals surface area contributed by atoms with Crippen molar-refractivity contribution in [2.75, 3.05) is 37.7 Å². The summed E-state index contributed by atoms with van der Waals surface area (Å²) >= 11 is 0. The molecule has 8 nitrogen and oxygen atoms in total. The molecule has 12 heteroatoms. The average molecular weight is 523 g/mol. The van der Waals surface area contributed by atoms with E-state index in [0.29, 0.717) is 11.0 Å². The molecule has 2 heterocycles. The van der Waals surface area contributed by atoms with Crippen molar-refractivity contribution in [1.82, 2.24) is 14.3 Å². The molecule has 3 aromatic rings. The lowest BCUT2D eigenvalue weighted by Gasteiger charge is -2.35. The van der Waals surface area contributed by atoms with E-state index in [1.54, 1.807) is 11.8 Å². The molecule has 0 aliphatic carbocycles. The zero-order valence-electron chi connectivity index (χ0n) is 20.0. The predicted molar refractivity (Wildman–Crippen MR) is 127 cm³/mol. The number of ether oxygens (including phenoxy) is 1. The molecule has 2 aromatic carbocycles. The SMILES string of the molecule is CCOC(=O)c1nc2cc(C)c(C)cc2nc1N1CCN(S(=O)(=O)c2ccccc2C(F)(F)F)CC1. The number of aryl methyl sites for hydroxylation is 2. The van der Waals surface area contributed by atoms with Gasteiger partial charge in [-0.05, 0) is 56.2 Å². The zero-order valence-corrected chi connectivity index (χ0v) is 20.8. The topological polar surface area (TPSA) is 92.7 Å². The molecule has 192 valence electrons. The molecule has 1 aromatic heterocycles. The Morgan fingerprint density at radius 1 is 1.00 bits per heavy atom. The molecule has 0 radical (unpaired) electrons. The van der Waals surface area contributed by atoms with E-state index < -0.39 is 32.6 Å². The van der Waals surface area contributed by atoms with Gasteiger partial charge < -0.3 is 9.64 Å². The van der Waals surface area contributed by atoms with Gasteiger partial charge in [-0.25, -0.2) is 23.2 Å². The van der Waals surface area contributed by atoms with Crippen molar-refractivity contribution in [2.24, 2.45) is 0 Å². The molecule has 1 aliphatic heterocycles. The molecule has 1 saturated heterocycles. The third-order valence-corrected chi connectivity index (χ3v) is 8.04. The number of halogens is 3. The molecule has 0 N–H and O–H groups in total. The first-order chi connectivity index (χ1) is 16.9. The summed E-state index contributed by atoms with van der Waals surface area (Å²) in [4.78, 5) is 22.7. The van der Waals surface area contributed by atoms with Crippen LogP contribution in [0.3, 0.4) is 0 Å². The van der Waals surface area contributed by atoms with Crippen molar-refractivity contribution >= 4 is 32.8 Å². The van der Waals surface area contributed by atoms with Crippen LogP contribution in [-0.2, 0) is 20.9 Å². The second-order valence-electron chi connectivity index (χ2n) is 8.43. The maximum Gasteiger partial charge on any atom is 0.417 e. The van der Waals surface area contributed by atoms with Crippen molar-refractivity contribution in [2.45, 2.75) is 31.8 Å². The van der Waals surface area contributed by atoms with Gasteiger partial charge in [-0.15, -0.1) is 0 Å². The van der Waals surface area contributed by atoms with Crippen LogP contribution in [-0.4, -0.2) is 61.4 Å². The van der Waals surface area contributed by atoms with Gasteiger partial charge in [0.05, 0.1) is 28.1 Å². The Kier molecular flexibility index (Phi) is 6.93. The molecule has 4 rings (SSSR count). The molecular formula is C24H25F3N4O4S. The molecule has 1 aliphatic rings. The smallest absolute Gasteiger partial charge is 0.417 e. The van der Waals surface area contributed by atoms with E-state index in [1.165, 1.54) is 6.07 Å². The first kappa shape index (κ1) is 25.8. The fraction of sp³-hybridized carbons (Fsp3) is 0.375. The summed E-state index contributed by atoms with van der Waals surface area (Å²) < 4.78 is 72.7. The van der Waals surface area contributed by atoms with E-state index >= 15 is 0 Å². The largest absolute Gasteiger partial charge is 0.461 e. The Morgan fingerprint density at radius 3 is 2.17 bits per heavy atom. The number of hydrogen-bond acceptors (Lipinski definition) is 7. The second-order valence-corrected chi connectivity index (χ2v) is 10.3. The highest BCUT2D eigenvalue weighted by molar-refractivity contribution is 7.89. The summed E-state index contributed by atoms with van der Waals surface area (Å²) in [5, 5.41) is 0. The van der Waals surface area contributed by atoms with Crippen LogP contribution < -0.4 is 4.90 Å². The highest BCUT2D eigenvalue weighted by Crippen LogP contribution is 2.35. The number of piperazine rings is 1. The van der Waals surface area contributed by atoms with Gasteiger partial charge in [-0.1, -0.05) is 12.1 Å². The molecule has 0 saturated carbocycles. The van der Waals surface area contributed by atoms with Crippen LogP contribution in [0, 0.1) is 13.8 Å². The average Bonchev–Trinajstić information content (AvgIpc) is 2.84. The fourth-order valence-electron chi connectivity index (χ4n) is 4.06. The van der Waals surface area contributed by atoms with Gasteiger partial charge >= 0.3 is 12.1 Å². The van der Waals surface area contributed by atoms with E-state index in [2.05, 4.69) is 9.97 Å². The summed E-state index contributed by atoms with van der Waals surface area (Å²) in [5.74, 6) is -0.411. The molecule has 0 spiro atoms. The van der Waals surface area contributed by atoms with Crippen LogP contribution >= 0.6 is 0 Å². The van der Waals surface area contributed by atoms with Gasteiger partial charge in [0.25, 0.3) is 0 Å². The van der Waals surface area contributed by atoms with E-state index in [1.807, 2.05) is 26.0 Å². The highest BCUT2D eigenvalue weighted by atomic mass is 32.2. The van der Waals surface area contributed by atoms with Crippen LogP contribution in [0.4, 0.5) is 19.0 Å². The Labute approximate surface area is 206 Å². The third kappa shape index (κ3) is 4.87. The van der Waals surface area contributed by atoms with Crippen molar-refractivity contribution in [1.29, 1.82) is 0 Å². The molecule has 36 heavy (non-hydrogen) atoms. The van der Waals surface area contributed by atoms with Crippen molar-refractivity contribution in [3.8, 4) is 0 Å². The molecule has 0 unspecified atom stereocenters. The van der Waals surface area contributed by atoms with Crippen LogP contribution in [0.1, 0.15) is 34.1 Å². The maximum atomic E-state index is 13.4. The van der Waals surface area contributed by atoms with Crippen molar-refractivity contribution in [3.63, 3.8) is 0 Å². The van der Waals surface area contributed by atoms with Crippen molar-refractivity contribution < 1.29 is 31.1 Å². The number of fused-ring (bicyclic) bond motifs is 1. The monoisotopic (exact) mass is 522 g/mol. The lowest BCUT2D eigenvalue weighted by atomic mass is 10.1. The highest BCUT2D eigenvalue weighted by Gasteiger charge is 2.40. The molecule has 0 bridgehead atoms. The number of aromatic nitrogens is 2. The number of rotatable bonds is 5. The number of carbonyl (C=O) groups excluding carboxylic acids is 1. The van der Waals surface area contributed by atoms with Crippen LogP contribution in [0.5, 0.6) is 0 Å². The second kappa shape index (κ2) is 9.66. The molecule has 0 amide bonds. The minimum absolute atomic E-state index is 0.00586. The number of esters is 1. The molecular weight excluding hydrogens is 497 g/mol. The molecule has 1 fully saturated rings. The summed E-state index contributed by atoms with van der Waals surface area (Å²) in [6.07, 6.45) is -4.81. The molecule has 0 atom stereocenters.